The van der Waals surface area contributed by atoms with E-state index in [0.29, 0.717) is 29.6 Å². The molecule has 4 rings (SSSR count). The molecule has 1 amide bonds. The van der Waals surface area contributed by atoms with Gasteiger partial charge in [-0.3, -0.25) is 9.10 Å². The Morgan fingerprint density at radius 1 is 0.972 bits per heavy atom. The van der Waals surface area contributed by atoms with E-state index in [1.165, 1.54) is 42.8 Å². The molecule has 36 heavy (non-hydrogen) atoms. The SMILES string of the molecule is CCOc1ccc(N(CC(=O)NCc2ccc(N3CCCC3)cc2)S(=O)(=O)c2ccc(Cl)cc2)cc1. The van der Waals surface area contributed by atoms with E-state index in [4.69, 9.17) is 16.3 Å². The molecular formula is C27H30ClN3O4S. The number of carbonyl (C=O) groups excluding carboxylic acids is 1. The molecule has 0 unspecified atom stereocenters. The van der Waals surface area contributed by atoms with Crippen LogP contribution in [0.5, 0.6) is 5.75 Å². The van der Waals surface area contributed by atoms with Crippen LogP contribution in [0.3, 0.4) is 0 Å². The average Bonchev–Trinajstić information content (AvgIpc) is 3.42. The molecule has 1 heterocycles. The van der Waals surface area contributed by atoms with Crippen molar-refractivity contribution in [3.63, 3.8) is 0 Å². The summed E-state index contributed by atoms with van der Waals surface area (Å²) >= 11 is 5.95. The Hall–Kier alpha value is -3.23. The van der Waals surface area contributed by atoms with E-state index in [0.717, 1.165) is 23.0 Å². The summed E-state index contributed by atoms with van der Waals surface area (Å²) in [6.07, 6.45) is 2.42. The second-order valence-corrected chi connectivity index (χ2v) is 10.8. The number of benzene rings is 3. The van der Waals surface area contributed by atoms with Gasteiger partial charge in [0.05, 0.1) is 17.2 Å². The molecule has 1 fully saturated rings. The first-order valence-corrected chi connectivity index (χ1v) is 13.8. The molecule has 1 saturated heterocycles. The van der Waals surface area contributed by atoms with Gasteiger partial charge in [-0.15, -0.1) is 0 Å². The van der Waals surface area contributed by atoms with Gasteiger partial charge in [0.2, 0.25) is 5.91 Å². The predicted octanol–water partition coefficient (Wildman–Crippen LogP) is 4.85. The second kappa shape index (κ2) is 11.7. The lowest BCUT2D eigenvalue weighted by molar-refractivity contribution is -0.119. The molecule has 9 heteroatoms. The normalized spacial score (nSPS) is 13.4. The summed E-state index contributed by atoms with van der Waals surface area (Å²) < 4.78 is 33.6. The summed E-state index contributed by atoms with van der Waals surface area (Å²) in [6.45, 7) is 4.43. The fourth-order valence-corrected chi connectivity index (χ4v) is 5.66. The molecule has 1 aliphatic heterocycles. The van der Waals surface area contributed by atoms with Gasteiger partial charge in [0.1, 0.15) is 12.3 Å². The lowest BCUT2D eigenvalue weighted by atomic mass is 10.2. The molecule has 0 saturated carbocycles. The number of hydrogen-bond acceptors (Lipinski definition) is 5. The van der Waals surface area contributed by atoms with Gasteiger partial charge < -0.3 is 15.0 Å². The number of nitrogens with zero attached hydrogens (tertiary/aromatic N) is 2. The first-order valence-electron chi connectivity index (χ1n) is 12.0. The highest BCUT2D eigenvalue weighted by Crippen LogP contribution is 2.27. The van der Waals surface area contributed by atoms with Crippen molar-refractivity contribution >= 4 is 38.9 Å². The summed E-state index contributed by atoms with van der Waals surface area (Å²) in [5.74, 6) is 0.206. The van der Waals surface area contributed by atoms with Crippen LogP contribution in [0.4, 0.5) is 11.4 Å². The van der Waals surface area contributed by atoms with Crippen molar-refractivity contribution in [2.24, 2.45) is 0 Å². The number of carbonyl (C=O) groups is 1. The highest BCUT2D eigenvalue weighted by molar-refractivity contribution is 7.92. The monoisotopic (exact) mass is 527 g/mol. The van der Waals surface area contributed by atoms with Gasteiger partial charge >= 0.3 is 0 Å². The van der Waals surface area contributed by atoms with Crippen LogP contribution in [0.2, 0.25) is 5.02 Å². The maximum absolute atomic E-state index is 13.5. The van der Waals surface area contributed by atoms with Crippen LogP contribution in [0.25, 0.3) is 0 Å². The van der Waals surface area contributed by atoms with Gasteiger partial charge in [-0.1, -0.05) is 23.7 Å². The number of ether oxygens (including phenoxy) is 1. The standard InChI is InChI=1S/C27H30ClN3O4S/c1-2-35-25-13-11-24(12-14-25)31(36(33,34)26-15-7-22(28)8-16-26)20-27(32)29-19-21-5-9-23(10-6-21)30-17-3-4-18-30/h5-16H,2-4,17-20H2,1H3,(H,29,32). The van der Waals surface area contributed by atoms with Crippen molar-refractivity contribution in [1.29, 1.82) is 0 Å². The molecule has 0 spiro atoms. The van der Waals surface area contributed by atoms with Gasteiger partial charge in [0, 0.05) is 30.3 Å². The van der Waals surface area contributed by atoms with Gasteiger partial charge in [-0.25, -0.2) is 8.42 Å². The van der Waals surface area contributed by atoms with E-state index >= 15 is 0 Å². The summed E-state index contributed by atoms with van der Waals surface area (Å²) in [5.41, 5.74) is 2.48. The summed E-state index contributed by atoms with van der Waals surface area (Å²) in [4.78, 5) is 15.3. The van der Waals surface area contributed by atoms with Crippen LogP contribution >= 0.6 is 11.6 Å². The van der Waals surface area contributed by atoms with Crippen molar-refractivity contribution in [2.75, 3.05) is 35.4 Å². The average molecular weight is 528 g/mol. The summed E-state index contributed by atoms with van der Waals surface area (Å²) in [5, 5.41) is 3.27. The third kappa shape index (κ3) is 6.30. The van der Waals surface area contributed by atoms with E-state index in [9.17, 15) is 13.2 Å². The van der Waals surface area contributed by atoms with Gasteiger partial charge in [0.25, 0.3) is 10.0 Å². The number of sulfonamides is 1. The quantitative estimate of drug-likeness (QED) is 0.408. The molecule has 0 atom stereocenters. The first kappa shape index (κ1) is 25.9. The van der Waals surface area contributed by atoms with Crippen molar-refractivity contribution in [2.45, 2.75) is 31.2 Å². The maximum Gasteiger partial charge on any atom is 0.264 e. The van der Waals surface area contributed by atoms with Crippen molar-refractivity contribution in [3.8, 4) is 5.75 Å². The minimum absolute atomic E-state index is 0.0473. The highest BCUT2D eigenvalue weighted by atomic mass is 35.5. The Morgan fingerprint density at radius 2 is 1.61 bits per heavy atom. The number of halogens is 1. The Bertz CT molecular complexity index is 1260. The lowest BCUT2D eigenvalue weighted by Gasteiger charge is -2.24. The number of anilines is 2. The van der Waals surface area contributed by atoms with Crippen LogP contribution < -0.4 is 19.3 Å². The van der Waals surface area contributed by atoms with Gasteiger partial charge in [0.15, 0.2) is 0 Å². The van der Waals surface area contributed by atoms with E-state index in [1.54, 1.807) is 24.3 Å². The van der Waals surface area contributed by atoms with Crippen LogP contribution in [-0.2, 0) is 21.4 Å². The largest absolute Gasteiger partial charge is 0.494 e. The smallest absolute Gasteiger partial charge is 0.264 e. The third-order valence-electron chi connectivity index (χ3n) is 6.02. The highest BCUT2D eigenvalue weighted by Gasteiger charge is 2.27. The van der Waals surface area contributed by atoms with E-state index < -0.39 is 15.9 Å². The number of rotatable bonds is 10. The van der Waals surface area contributed by atoms with Crippen LogP contribution in [0.15, 0.2) is 77.7 Å². The second-order valence-electron chi connectivity index (χ2n) is 8.53. The zero-order valence-corrected chi connectivity index (χ0v) is 21.8. The molecule has 3 aromatic carbocycles. The summed E-state index contributed by atoms with van der Waals surface area (Å²) in [7, 11) is -4.02. The molecule has 0 aromatic heterocycles. The zero-order chi connectivity index (χ0) is 25.5. The Kier molecular flexibility index (Phi) is 8.38. The first-order chi connectivity index (χ1) is 17.4. The zero-order valence-electron chi connectivity index (χ0n) is 20.2. The third-order valence-corrected chi connectivity index (χ3v) is 8.06. The van der Waals surface area contributed by atoms with Crippen molar-refractivity contribution in [1.82, 2.24) is 5.32 Å². The number of hydrogen-bond donors (Lipinski definition) is 1. The van der Waals surface area contributed by atoms with Gasteiger partial charge in [-0.05, 0) is 86.0 Å². The molecule has 7 nitrogen and oxygen atoms in total. The maximum atomic E-state index is 13.5. The van der Waals surface area contributed by atoms with Crippen LogP contribution in [0, 0.1) is 0 Å². The van der Waals surface area contributed by atoms with E-state index in [1.807, 2.05) is 19.1 Å². The molecule has 0 bridgehead atoms. The van der Waals surface area contributed by atoms with Crippen molar-refractivity contribution < 1.29 is 17.9 Å². The van der Waals surface area contributed by atoms with E-state index in [-0.39, 0.29) is 11.4 Å². The molecule has 0 radical (unpaired) electrons. The Labute approximate surface area is 217 Å². The fraction of sp³-hybridized carbons (Fsp3) is 0.296. The van der Waals surface area contributed by atoms with Gasteiger partial charge in [-0.2, -0.15) is 0 Å². The molecule has 0 aliphatic carbocycles. The number of amides is 1. The molecular weight excluding hydrogens is 498 g/mol. The Morgan fingerprint density at radius 3 is 2.22 bits per heavy atom. The van der Waals surface area contributed by atoms with Crippen molar-refractivity contribution in [3.05, 3.63) is 83.4 Å². The fourth-order valence-electron chi connectivity index (χ4n) is 4.11. The van der Waals surface area contributed by atoms with Crippen LogP contribution in [0.1, 0.15) is 25.3 Å². The minimum atomic E-state index is -4.02. The lowest BCUT2D eigenvalue weighted by Crippen LogP contribution is -2.40. The predicted molar refractivity (Wildman–Crippen MR) is 143 cm³/mol. The Balaban J connectivity index is 1.49. The minimum Gasteiger partial charge on any atom is -0.494 e. The number of nitrogens with one attached hydrogen (secondary N) is 1. The molecule has 190 valence electrons. The molecule has 3 aromatic rings. The van der Waals surface area contributed by atoms with Crippen LogP contribution in [-0.4, -0.2) is 40.6 Å². The summed E-state index contributed by atoms with van der Waals surface area (Å²) in [6, 6.07) is 20.6. The molecule has 1 N–H and O–H groups in total. The van der Waals surface area contributed by atoms with E-state index in [2.05, 4.69) is 22.3 Å². The topological polar surface area (TPSA) is 79.0 Å². The molecule has 1 aliphatic rings.